The topological polar surface area (TPSA) is 25.4 Å². The molecule has 2 aromatic rings. The van der Waals surface area contributed by atoms with Crippen LogP contribution in [0.15, 0.2) is 24.3 Å². The molecule has 1 unspecified atom stereocenters. The summed E-state index contributed by atoms with van der Waals surface area (Å²) in [5, 5.41) is 1.19. The largest absolute Gasteiger partial charge is 0.381 e. The van der Waals surface area contributed by atoms with Gasteiger partial charge in [0.2, 0.25) is 0 Å². The molecule has 100 valence electrons. The molecule has 0 amide bonds. The zero-order chi connectivity index (χ0) is 12.7. The van der Waals surface area contributed by atoms with Crippen LogP contribution >= 0.6 is 11.3 Å². The van der Waals surface area contributed by atoms with Gasteiger partial charge in [-0.3, -0.25) is 0 Å². The molecule has 4 rings (SSSR count). The van der Waals surface area contributed by atoms with E-state index in [1.54, 1.807) is 0 Å². The lowest BCUT2D eigenvalue weighted by atomic mass is 9.79. The monoisotopic (exact) mass is 274 g/mol. The summed E-state index contributed by atoms with van der Waals surface area (Å²) in [6, 6.07) is 8.42. The van der Waals surface area contributed by atoms with E-state index >= 15 is 0 Å². The van der Waals surface area contributed by atoms with E-state index < -0.39 is 0 Å². The summed E-state index contributed by atoms with van der Waals surface area (Å²) in [7, 11) is 0. The predicted molar refractivity (Wildman–Crippen MR) is 78.9 cm³/mol. The zero-order valence-corrected chi connectivity index (χ0v) is 11.8. The first-order valence-electron chi connectivity index (χ1n) is 7.03. The highest BCUT2D eigenvalue weighted by atomic mass is 32.1. The number of fused-ring (bicyclic) bond motifs is 1. The van der Waals surface area contributed by atoms with Crippen LogP contribution in [0.25, 0.3) is 10.2 Å². The van der Waals surface area contributed by atoms with Gasteiger partial charge in [0.25, 0.3) is 0 Å². The van der Waals surface area contributed by atoms with Crippen molar-refractivity contribution in [1.82, 2.24) is 4.98 Å². The minimum absolute atomic E-state index is 0.399. The molecule has 0 radical (unpaired) electrons. The van der Waals surface area contributed by atoms with Crippen molar-refractivity contribution in [2.45, 2.75) is 19.3 Å². The van der Waals surface area contributed by atoms with E-state index in [1.165, 1.54) is 29.1 Å². The fourth-order valence-electron chi connectivity index (χ4n) is 3.34. The second-order valence-electron chi connectivity index (χ2n) is 5.79. The van der Waals surface area contributed by atoms with Crippen molar-refractivity contribution in [3.63, 3.8) is 0 Å². The van der Waals surface area contributed by atoms with Gasteiger partial charge in [0.05, 0.1) is 16.8 Å². The molecule has 2 saturated heterocycles. The van der Waals surface area contributed by atoms with E-state index in [0.29, 0.717) is 5.41 Å². The normalized spacial score (nSPS) is 27.5. The first-order chi connectivity index (χ1) is 9.35. The van der Waals surface area contributed by atoms with Crippen molar-refractivity contribution in [3.8, 4) is 0 Å². The summed E-state index contributed by atoms with van der Waals surface area (Å²) in [5.41, 5.74) is 1.53. The van der Waals surface area contributed by atoms with Crippen LogP contribution in [0.1, 0.15) is 19.3 Å². The van der Waals surface area contributed by atoms with Crippen molar-refractivity contribution in [1.29, 1.82) is 0 Å². The molecule has 2 aliphatic rings. The zero-order valence-electron chi connectivity index (χ0n) is 11.0. The molecular weight excluding hydrogens is 256 g/mol. The Labute approximate surface area is 117 Å². The maximum absolute atomic E-state index is 5.64. The second kappa shape index (κ2) is 4.46. The van der Waals surface area contributed by atoms with E-state index in [1.807, 2.05) is 11.3 Å². The molecule has 1 aromatic carbocycles. The second-order valence-corrected chi connectivity index (χ2v) is 6.80. The molecule has 0 saturated carbocycles. The summed E-state index contributed by atoms with van der Waals surface area (Å²) < 4.78 is 6.93. The van der Waals surface area contributed by atoms with Gasteiger partial charge in [-0.25, -0.2) is 4.98 Å². The molecule has 1 aromatic heterocycles. The fourth-order valence-corrected chi connectivity index (χ4v) is 4.33. The van der Waals surface area contributed by atoms with Gasteiger partial charge in [-0.15, -0.1) is 0 Å². The summed E-state index contributed by atoms with van der Waals surface area (Å²) in [6.07, 6.45) is 3.79. The molecule has 0 bridgehead atoms. The van der Waals surface area contributed by atoms with Crippen molar-refractivity contribution in [3.05, 3.63) is 24.3 Å². The molecule has 0 aliphatic carbocycles. The quantitative estimate of drug-likeness (QED) is 0.798. The smallest absolute Gasteiger partial charge is 0.186 e. The lowest BCUT2D eigenvalue weighted by molar-refractivity contribution is 0.139. The Morgan fingerprint density at radius 3 is 3.05 bits per heavy atom. The first kappa shape index (κ1) is 11.7. The molecule has 2 fully saturated rings. The predicted octanol–water partition coefficient (Wildman–Crippen LogP) is 3.30. The van der Waals surface area contributed by atoms with Gasteiger partial charge in [0.1, 0.15) is 0 Å². The maximum Gasteiger partial charge on any atom is 0.186 e. The average Bonchev–Trinajstić information content (AvgIpc) is 3.05. The van der Waals surface area contributed by atoms with Crippen LogP contribution in [0.2, 0.25) is 0 Å². The molecule has 3 heterocycles. The Kier molecular flexibility index (Phi) is 2.74. The number of piperidine rings is 1. The van der Waals surface area contributed by atoms with E-state index in [4.69, 9.17) is 9.72 Å². The van der Waals surface area contributed by atoms with Gasteiger partial charge in [-0.1, -0.05) is 23.5 Å². The number of hydrogen-bond donors (Lipinski definition) is 0. The number of nitrogens with zero attached hydrogens (tertiary/aromatic N) is 2. The molecule has 2 aliphatic heterocycles. The van der Waals surface area contributed by atoms with Crippen molar-refractivity contribution in [2.75, 3.05) is 31.2 Å². The van der Waals surface area contributed by atoms with Gasteiger partial charge in [0, 0.05) is 25.1 Å². The SMILES string of the molecule is c1ccc2sc(N3CCCC4(CCOC4)C3)nc2c1. The Hall–Kier alpha value is -1.13. The molecule has 1 spiro atoms. The highest BCUT2D eigenvalue weighted by molar-refractivity contribution is 7.22. The third-order valence-corrected chi connectivity index (χ3v) is 5.50. The third kappa shape index (κ3) is 2.03. The number of thiazole rings is 1. The van der Waals surface area contributed by atoms with Gasteiger partial charge >= 0.3 is 0 Å². The molecule has 19 heavy (non-hydrogen) atoms. The number of benzene rings is 1. The van der Waals surface area contributed by atoms with Crippen molar-refractivity contribution >= 4 is 26.7 Å². The lowest BCUT2D eigenvalue weighted by Crippen LogP contribution is -2.43. The molecule has 4 heteroatoms. The summed E-state index contributed by atoms with van der Waals surface area (Å²) in [4.78, 5) is 7.27. The summed E-state index contributed by atoms with van der Waals surface area (Å²) >= 11 is 1.82. The highest BCUT2D eigenvalue weighted by Gasteiger charge is 2.39. The van der Waals surface area contributed by atoms with Crippen LogP contribution < -0.4 is 4.90 Å². The van der Waals surface area contributed by atoms with Crippen LogP contribution in [0.5, 0.6) is 0 Å². The van der Waals surface area contributed by atoms with E-state index in [2.05, 4.69) is 29.2 Å². The maximum atomic E-state index is 5.64. The van der Waals surface area contributed by atoms with Crippen LogP contribution in [0.4, 0.5) is 5.13 Å². The van der Waals surface area contributed by atoms with Gasteiger partial charge in [-0.2, -0.15) is 0 Å². The molecular formula is C15H18N2OS. The van der Waals surface area contributed by atoms with Crippen LogP contribution in [-0.2, 0) is 4.74 Å². The van der Waals surface area contributed by atoms with Gasteiger partial charge in [-0.05, 0) is 31.4 Å². The Morgan fingerprint density at radius 1 is 1.26 bits per heavy atom. The number of ether oxygens (including phenoxy) is 1. The number of hydrogen-bond acceptors (Lipinski definition) is 4. The molecule has 3 nitrogen and oxygen atoms in total. The number of para-hydroxylation sites is 1. The summed E-state index contributed by atoms with van der Waals surface area (Å²) in [6.45, 7) is 4.14. The number of aromatic nitrogens is 1. The van der Waals surface area contributed by atoms with Gasteiger partial charge < -0.3 is 9.64 Å². The fraction of sp³-hybridized carbons (Fsp3) is 0.533. The first-order valence-corrected chi connectivity index (χ1v) is 7.85. The van der Waals surface area contributed by atoms with Crippen molar-refractivity contribution < 1.29 is 4.74 Å². The minimum Gasteiger partial charge on any atom is -0.381 e. The molecule has 0 N–H and O–H groups in total. The molecule has 1 atom stereocenters. The average molecular weight is 274 g/mol. The lowest BCUT2D eigenvalue weighted by Gasteiger charge is -2.39. The van der Waals surface area contributed by atoms with E-state index in [9.17, 15) is 0 Å². The Balaban J connectivity index is 1.64. The van der Waals surface area contributed by atoms with E-state index in [-0.39, 0.29) is 0 Å². The Bertz CT molecular complexity index is 556. The number of rotatable bonds is 1. The Morgan fingerprint density at radius 2 is 2.21 bits per heavy atom. The van der Waals surface area contributed by atoms with Crippen LogP contribution in [0.3, 0.4) is 0 Å². The number of anilines is 1. The highest BCUT2D eigenvalue weighted by Crippen LogP contribution is 2.40. The van der Waals surface area contributed by atoms with Crippen molar-refractivity contribution in [2.24, 2.45) is 5.41 Å². The standard InChI is InChI=1S/C15H18N2OS/c1-2-5-13-12(4-1)16-14(19-13)17-8-3-6-15(10-17)7-9-18-11-15/h1-2,4-5H,3,6-11H2. The minimum atomic E-state index is 0.399. The summed E-state index contributed by atoms with van der Waals surface area (Å²) in [5.74, 6) is 0. The van der Waals surface area contributed by atoms with Crippen LogP contribution in [0, 0.1) is 5.41 Å². The van der Waals surface area contributed by atoms with E-state index in [0.717, 1.165) is 31.8 Å². The van der Waals surface area contributed by atoms with Gasteiger partial charge in [0.15, 0.2) is 5.13 Å². The van der Waals surface area contributed by atoms with Crippen LogP contribution in [-0.4, -0.2) is 31.3 Å². The third-order valence-electron chi connectivity index (χ3n) is 4.40.